The Morgan fingerprint density at radius 2 is 0.545 bits per heavy atom. The highest BCUT2D eigenvalue weighted by molar-refractivity contribution is 5.99. The van der Waals surface area contributed by atoms with E-state index in [1.165, 1.54) is 27.9 Å². The van der Waals surface area contributed by atoms with Crippen LogP contribution >= 0.6 is 0 Å². The van der Waals surface area contributed by atoms with Crippen LogP contribution in [-0.2, 0) is 106 Å². The predicted octanol–water partition coefficient (Wildman–Crippen LogP) is 1.03. The molecule has 18 amide bonds. The lowest BCUT2D eigenvalue weighted by atomic mass is 9.64. The zero-order chi connectivity index (χ0) is 101. The Hall–Kier alpha value is -12.0. The average Bonchev–Trinajstić information content (AvgIpc) is 0.785. The summed E-state index contributed by atoms with van der Waals surface area (Å²) in [6, 6.07) is 19.0. The Bertz CT molecular complexity index is 4420. The lowest BCUT2D eigenvalue weighted by molar-refractivity contribution is -0.144. The number of carbonyl (C=O) groups is 18. The first kappa shape index (κ1) is 116. The number of carbonyl (C=O) groups excluding carboxylic acids is 18. The van der Waals surface area contributed by atoms with Crippen molar-refractivity contribution in [2.75, 3.05) is 79.5 Å². The molecule has 3 aromatic carbocycles. The molecule has 3 rings (SSSR count). The van der Waals surface area contributed by atoms with Gasteiger partial charge in [-0.15, -0.1) is 0 Å². The van der Waals surface area contributed by atoms with E-state index in [4.69, 9.17) is 0 Å². The van der Waals surface area contributed by atoms with Gasteiger partial charge in [0.05, 0.1) is 51.5 Å². The summed E-state index contributed by atoms with van der Waals surface area (Å²) in [5.74, 6) is -12.0. The summed E-state index contributed by atoms with van der Waals surface area (Å²) in [7, 11) is 2.82. The van der Waals surface area contributed by atoms with Crippen molar-refractivity contribution in [2.24, 2.45) is 50.2 Å². The summed E-state index contributed by atoms with van der Waals surface area (Å²) >= 11 is 0. The zero-order valence-electron chi connectivity index (χ0n) is 82.0. The van der Waals surface area contributed by atoms with Crippen LogP contribution in [0.3, 0.4) is 0 Å². The van der Waals surface area contributed by atoms with Crippen molar-refractivity contribution in [3.05, 3.63) is 108 Å². The number of amides is 18. The summed E-state index contributed by atoms with van der Waals surface area (Å²) in [6.07, 6.45) is -1.80. The van der Waals surface area contributed by atoms with Crippen LogP contribution in [0.5, 0.6) is 0 Å². The molecule has 12 atom stereocenters. The summed E-state index contributed by atoms with van der Waals surface area (Å²) in [6.45, 7) is 26.6. The Kier molecular flexibility index (Phi) is 48.8. The Labute approximate surface area is 788 Å². The maximum atomic E-state index is 14.6. The van der Waals surface area contributed by atoms with E-state index in [0.29, 0.717) is 16.7 Å². The topological polar surface area (TPSA) is 564 Å². The molecule has 3 aromatic rings. The van der Waals surface area contributed by atoms with Crippen molar-refractivity contribution in [3.8, 4) is 0 Å². The average molecular weight is 1880 g/mol. The normalized spacial score (nSPS) is 15.0. The van der Waals surface area contributed by atoms with E-state index in [9.17, 15) is 96.5 Å². The molecule has 134 heavy (non-hydrogen) atoms. The minimum Gasteiger partial charge on any atom is -0.392 e. The van der Waals surface area contributed by atoms with Crippen LogP contribution in [0.25, 0.3) is 0 Å². The highest BCUT2D eigenvalue weighted by atomic mass is 16.3. The van der Waals surface area contributed by atoms with Gasteiger partial charge in [0, 0.05) is 92.0 Å². The van der Waals surface area contributed by atoms with Gasteiger partial charge < -0.3 is 106 Å². The molecule has 0 aromatic heterocycles. The third kappa shape index (κ3) is 41.7. The van der Waals surface area contributed by atoms with Crippen molar-refractivity contribution in [3.63, 3.8) is 0 Å². The molecule has 0 heterocycles. The molecule has 0 saturated heterocycles. The van der Waals surface area contributed by atoms with Crippen LogP contribution in [0, 0.1) is 50.2 Å². The van der Waals surface area contributed by atoms with Gasteiger partial charge >= 0.3 is 0 Å². The van der Waals surface area contributed by atoms with Crippen LogP contribution in [0.1, 0.15) is 206 Å². The smallest absolute Gasteiger partial charge is 0.243 e. The van der Waals surface area contributed by atoms with E-state index >= 15 is 0 Å². The van der Waals surface area contributed by atoms with Crippen molar-refractivity contribution in [1.29, 1.82) is 0 Å². The number of nitrogens with one attached hydrogen (secondary N) is 18. The number of aliphatic hydroxyl groups is 2. The number of likely N-dealkylation sites (N-methyl/N-ethyl adjacent to an activating group) is 2. The maximum Gasteiger partial charge on any atom is 0.243 e. The molecule has 0 aliphatic rings. The second-order valence-corrected chi connectivity index (χ2v) is 38.6. The highest BCUT2D eigenvalue weighted by Crippen LogP contribution is 2.46. The maximum absolute atomic E-state index is 14.6. The van der Waals surface area contributed by atoms with Gasteiger partial charge in [0.2, 0.25) is 106 Å². The molecule has 0 fully saturated rings. The second kappa shape index (κ2) is 56.3. The van der Waals surface area contributed by atoms with Gasteiger partial charge in [-0.05, 0) is 112 Å². The Balaban J connectivity index is 1.73. The lowest BCUT2D eigenvalue weighted by Crippen LogP contribution is -2.56. The van der Waals surface area contributed by atoms with Crippen LogP contribution in [0.15, 0.2) is 91.0 Å². The summed E-state index contributed by atoms with van der Waals surface area (Å²) in [5, 5.41) is 68.3. The number of aliphatic hydroxyl groups excluding tert-OH is 2. The van der Waals surface area contributed by atoms with E-state index < -0.39 is 213 Å². The Morgan fingerprint density at radius 3 is 0.821 bits per heavy atom. The van der Waals surface area contributed by atoms with Crippen molar-refractivity contribution in [2.45, 2.75) is 257 Å². The second-order valence-electron chi connectivity index (χ2n) is 38.6. The van der Waals surface area contributed by atoms with Crippen LogP contribution < -0.4 is 95.7 Å². The minimum atomic E-state index is -1.58. The molecule has 0 bridgehead atoms. The van der Waals surface area contributed by atoms with Crippen molar-refractivity contribution in [1.82, 2.24) is 95.7 Å². The molecule has 38 nitrogen and oxygen atoms in total. The predicted molar refractivity (Wildman–Crippen MR) is 506 cm³/mol. The third-order valence-electron chi connectivity index (χ3n) is 23.2. The fourth-order valence-electron chi connectivity index (χ4n) is 15.8. The SMILES string of the molecule is CCC(C)(CC(C)(CC(C)(C)C(=O)NCC(=O)NC(Cc1ccccc1)C(=O)NC(CC(C)C)C(=O)NCC(=O)NC)C(=O)NCC(C)O)C(=O)NCCCNC(=O)CNC(=O)C(CC(C)C)NC(=O)C(Cc1ccccc1)NC(=O)CNC(=O)C(C)(CC)CC(C)(CC(C)(C)C(=O)NCC(=O)NC(Cc1ccccc1)C(=O)NC(CC(C)C)C(=O)NCC(=O)NC)C(=O)NCC(C)O. The van der Waals surface area contributed by atoms with Gasteiger partial charge in [0.1, 0.15) is 36.3 Å². The molecular weight excluding hydrogens is 1730 g/mol. The molecular formula is C96H152N18O20. The zero-order valence-corrected chi connectivity index (χ0v) is 82.0. The molecule has 0 aliphatic heterocycles. The van der Waals surface area contributed by atoms with Crippen LogP contribution in [0.2, 0.25) is 0 Å². The quantitative estimate of drug-likeness (QED) is 0.0351. The van der Waals surface area contributed by atoms with Crippen LogP contribution in [-0.4, -0.2) is 245 Å². The van der Waals surface area contributed by atoms with Gasteiger partial charge in [-0.2, -0.15) is 0 Å². The molecule has 746 valence electrons. The summed E-state index contributed by atoms with van der Waals surface area (Å²) < 4.78 is 0. The van der Waals surface area contributed by atoms with E-state index in [1.54, 1.807) is 160 Å². The molecule has 20 N–H and O–H groups in total. The first-order chi connectivity index (χ1) is 62.7. The number of rotatable bonds is 60. The van der Waals surface area contributed by atoms with Gasteiger partial charge in [-0.1, -0.05) is 202 Å². The first-order valence-corrected chi connectivity index (χ1v) is 46.2. The van der Waals surface area contributed by atoms with Gasteiger partial charge in [0.25, 0.3) is 0 Å². The van der Waals surface area contributed by atoms with Crippen LogP contribution in [0.4, 0.5) is 0 Å². The fourth-order valence-corrected chi connectivity index (χ4v) is 15.8. The first-order valence-electron chi connectivity index (χ1n) is 46.2. The standard InChI is InChI=1S/C96H152N18O20/c1-21-93(15,57-95(17,89(133)104-47-62(9)115)55-91(11,12)85(129)106-52-76(120)109-70(44-64-33-26-23-27-34-64)82(126)112-67(41-59(3)4)79(123)101-49-73(117)97-19)87(131)100-40-32-39-99-75(119)51-103-81(125)69(43-61(7)8)114-84(128)72(46-66-37-30-25-31-38-66)111-78(122)54-108-88(132)94(16,22-2)58-96(18,90(134)105-48-63(10)116)56-92(13,14)86(130)107-53-77(121)110-71(45-65-35-28-24-29-36-65)83(127)113-68(42-60(5)6)80(124)102-50-74(118)98-20/h23-31,33-38,59-63,67-72,115-116H,21-22,32,39-58H2,1-20H3,(H,97,117)(H,98,118)(H,99,119)(H,100,131)(H,101,123)(H,102,124)(H,103,125)(H,104,133)(H,105,134)(H,106,129)(H,107,130)(H,108,132)(H,109,120)(H,110,121)(H,111,122)(H,112,126)(H,113,127)(H,114,128). The van der Waals surface area contributed by atoms with E-state index in [1.807, 2.05) is 41.5 Å². The molecule has 0 radical (unpaired) electrons. The molecule has 38 heteroatoms. The number of benzene rings is 3. The molecule has 0 saturated carbocycles. The third-order valence-corrected chi connectivity index (χ3v) is 23.2. The molecule has 12 unspecified atom stereocenters. The van der Waals surface area contributed by atoms with Gasteiger partial charge in [-0.25, -0.2) is 0 Å². The lowest BCUT2D eigenvalue weighted by Gasteiger charge is -2.41. The summed E-state index contributed by atoms with van der Waals surface area (Å²) in [5.41, 5.74) is -6.67. The monoisotopic (exact) mass is 1880 g/mol. The summed E-state index contributed by atoms with van der Waals surface area (Å²) in [4.78, 5) is 248. The minimum absolute atomic E-state index is 0.00507. The largest absolute Gasteiger partial charge is 0.392 e. The molecule has 0 spiro atoms. The van der Waals surface area contributed by atoms with E-state index in [-0.39, 0.29) is 140 Å². The van der Waals surface area contributed by atoms with Crippen molar-refractivity contribution >= 4 is 106 Å². The number of hydrogen-bond acceptors (Lipinski definition) is 20. The van der Waals surface area contributed by atoms with E-state index in [0.717, 1.165) is 0 Å². The van der Waals surface area contributed by atoms with Gasteiger partial charge in [-0.3, -0.25) is 86.3 Å². The van der Waals surface area contributed by atoms with Gasteiger partial charge in [0.15, 0.2) is 0 Å². The Morgan fingerprint density at radius 1 is 0.284 bits per heavy atom. The van der Waals surface area contributed by atoms with Crippen molar-refractivity contribution < 1.29 is 96.5 Å². The number of hydrogen-bond donors (Lipinski definition) is 20. The fraction of sp³-hybridized carbons (Fsp3) is 0.625. The van der Waals surface area contributed by atoms with E-state index in [2.05, 4.69) is 95.7 Å². The molecule has 0 aliphatic carbocycles. The highest BCUT2D eigenvalue weighted by Gasteiger charge is 2.50.